The van der Waals surface area contributed by atoms with Crippen molar-refractivity contribution < 1.29 is 13.3 Å². The highest BCUT2D eigenvalue weighted by Gasteiger charge is 2.44. The number of hydrogen-bond donors (Lipinski definition) is 0. The topological polar surface area (TPSA) is 37.4 Å². The first kappa shape index (κ1) is 31.0. The summed E-state index contributed by atoms with van der Waals surface area (Å²) in [6.07, 6.45) is 4.59. The van der Waals surface area contributed by atoms with Crippen molar-refractivity contribution in [3.05, 3.63) is 0 Å². The molecule has 0 rings (SSSR count). The molecule has 0 N–H and O–H groups in total. The molecule has 0 heterocycles. The number of rotatable bonds is 21. The summed E-state index contributed by atoms with van der Waals surface area (Å²) >= 11 is 0. The zero-order valence-electron chi connectivity index (χ0n) is 22.5. The molecule has 0 spiro atoms. The third-order valence-corrected chi connectivity index (χ3v) is 8.73. The van der Waals surface area contributed by atoms with E-state index >= 15 is 0 Å². The first-order valence-electron chi connectivity index (χ1n) is 12.7. The summed E-state index contributed by atoms with van der Waals surface area (Å²) in [7, 11) is 4.15. The Bertz CT molecular complexity index is 376. The van der Waals surface area contributed by atoms with Crippen LogP contribution in [0.1, 0.15) is 67.2 Å². The van der Waals surface area contributed by atoms with Gasteiger partial charge in [0, 0.05) is 50.9 Å². The zero-order chi connectivity index (χ0) is 23.8. The molecule has 0 aliphatic rings. The van der Waals surface area contributed by atoms with E-state index in [9.17, 15) is 0 Å². The summed E-state index contributed by atoms with van der Waals surface area (Å²) in [5.41, 5.74) is 0.140. The Morgan fingerprint density at radius 3 is 1.16 bits per heavy atom. The average molecular weight is 462 g/mol. The fraction of sp³-hybridized carbons (Fsp3) is 1.00. The summed E-state index contributed by atoms with van der Waals surface area (Å²) in [6, 6.07) is 0.877. The normalized spacial score (nSPS) is 13.2. The van der Waals surface area contributed by atoms with E-state index in [1.807, 2.05) is 20.8 Å². The molecule has 0 aliphatic carbocycles. The molecule has 0 radical (unpaired) electrons. The Morgan fingerprint density at radius 1 is 0.581 bits per heavy atom. The highest BCUT2D eigenvalue weighted by molar-refractivity contribution is 6.60. The van der Waals surface area contributed by atoms with Gasteiger partial charge in [-0.15, -0.1) is 0 Å². The lowest BCUT2D eigenvalue weighted by molar-refractivity contribution is 0.0482. The fourth-order valence-corrected chi connectivity index (χ4v) is 7.75. The minimum atomic E-state index is -2.67. The van der Waals surface area contributed by atoms with Gasteiger partial charge in [0.2, 0.25) is 0 Å². The van der Waals surface area contributed by atoms with Crippen LogP contribution in [0.5, 0.6) is 0 Å². The van der Waals surface area contributed by atoms with E-state index in [1.165, 1.54) is 19.3 Å². The Labute approximate surface area is 196 Å². The smallest absolute Gasteiger partial charge is 0.374 e. The van der Waals surface area contributed by atoms with E-state index < -0.39 is 8.80 Å². The Balaban J connectivity index is 5.90. The van der Waals surface area contributed by atoms with Crippen molar-refractivity contribution in [1.29, 1.82) is 0 Å². The Morgan fingerprint density at radius 2 is 0.903 bits per heavy atom. The van der Waals surface area contributed by atoms with E-state index in [-0.39, 0.29) is 5.41 Å². The molecule has 0 atom stereocenters. The van der Waals surface area contributed by atoms with Gasteiger partial charge in [0.1, 0.15) is 0 Å². The lowest BCUT2D eigenvalue weighted by Gasteiger charge is -2.44. The van der Waals surface area contributed by atoms with Crippen LogP contribution in [0.2, 0.25) is 6.04 Å². The SMILES string of the molecule is CCCN(C)CC(CC[Si](OCC)(OCC)OCC)(CN(C)CCC)CN(C)CCC. The minimum Gasteiger partial charge on any atom is -0.374 e. The van der Waals surface area contributed by atoms with Crippen molar-refractivity contribution in [2.45, 2.75) is 73.3 Å². The van der Waals surface area contributed by atoms with Gasteiger partial charge in [-0.2, -0.15) is 0 Å². The second kappa shape index (κ2) is 17.5. The van der Waals surface area contributed by atoms with Gasteiger partial charge in [-0.1, -0.05) is 20.8 Å². The van der Waals surface area contributed by atoms with E-state index in [2.05, 4.69) is 56.6 Å². The quantitative estimate of drug-likeness (QED) is 0.235. The highest BCUT2D eigenvalue weighted by atomic mass is 28.4. The van der Waals surface area contributed by atoms with Crippen molar-refractivity contribution >= 4 is 8.80 Å². The first-order chi connectivity index (χ1) is 14.8. The van der Waals surface area contributed by atoms with Crippen LogP contribution >= 0.6 is 0 Å². The van der Waals surface area contributed by atoms with Crippen LogP contribution in [0.3, 0.4) is 0 Å². The molecule has 31 heavy (non-hydrogen) atoms. The predicted molar refractivity (Wildman–Crippen MR) is 136 cm³/mol. The summed E-state index contributed by atoms with van der Waals surface area (Å²) in [6.45, 7) is 21.5. The lowest BCUT2D eigenvalue weighted by atomic mass is 9.82. The second-order valence-electron chi connectivity index (χ2n) is 9.20. The van der Waals surface area contributed by atoms with Gasteiger partial charge >= 0.3 is 8.80 Å². The van der Waals surface area contributed by atoms with Crippen molar-refractivity contribution in [1.82, 2.24) is 14.7 Å². The van der Waals surface area contributed by atoms with Gasteiger partial charge in [0.15, 0.2) is 0 Å². The molecule has 0 saturated carbocycles. The maximum atomic E-state index is 6.22. The second-order valence-corrected chi connectivity index (χ2v) is 11.9. The molecular weight excluding hydrogens is 406 g/mol. The maximum absolute atomic E-state index is 6.22. The highest BCUT2D eigenvalue weighted by Crippen LogP contribution is 2.32. The average Bonchev–Trinajstić information content (AvgIpc) is 2.67. The molecule has 0 aromatic heterocycles. The van der Waals surface area contributed by atoms with Gasteiger partial charge in [-0.05, 0) is 87.2 Å². The summed E-state index contributed by atoms with van der Waals surface area (Å²) in [5, 5.41) is 0. The van der Waals surface area contributed by atoms with E-state index in [0.29, 0.717) is 19.8 Å². The molecule has 0 aromatic carbocycles. The van der Waals surface area contributed by atoms with Crippen LogP contribution in [-0.2, 0) is 13.3 Å². The molecule has 0 amide bonds. The summed E-state index contributed by atoms with van der Waals surface area (Å²) < 4.78 is 18.7. The molecular formula is C24H55N3O3Si. The molecule has 7 heteroatoms. The van der Waals surface area contributed by atoms with E-state index in [0.717, 1.165) is 51.7 Å². The van der Waals surface area contributed by atoms with Crippen molar-refractivity contribution in [3.63, 3.8) is 0 Å². The largest absolute Gasteiger partial charge is 0.500 e. The molecule has 0 bridgehead atoms. The zero-order valence-corrected chi connectivity index (χ0v) is 23.5. The summed E-state index contributed by atoms with van der Waals surface area (Å²) in [5.74, 6) is 0. The van der Waals surface area contributed by atoms with Crippen LogP contribution in [0, 0.1) is 5.41 Å². The van der Waals surface area contributed by atoms with Crippen molar-refractivity contribution in [3.8, 4) is 0 Å². The molecule has 6 nitrogen and oxygen atoms in total. The van der Waals surface area contributed by atoms with Crippen LogP contribution < -0.4 is 0 Å². The predicted octanol–water partition coefficient (Wildman–Crippen LogP) is 4.44. The van der Waals surface area contributed by atoms with Crippen LogP contribution in [0.15, 0.2) is 0 Å². The third kappa shape index (κ3) is 12.7. The third-order valence-electron chi connectivity index (χ3n) is 5.69. The van der Waals surface area contributed by atoms with Crippen molar-refractivity contribution in [2.24, 2.45) is 5.41 Å². The van der Waals surface area contributed by atoms with Gasteiger partial charge in [-0.25, -0.2) is 0 Å². The number of hydrogen-bond acceptors (Lipinski definition) is 6. The first-order valence-corrected chi connectivity index (χ1v) is 14.7. The van der Waals surface area contributed by atoms with Crippen molar-refractivity contribution in [2.75, 3.05) is 80.2 Å². The van der Waals surface area contributed by atoms with Gasteiger partial charge < -0.3 is 28.0 Å². The van der Waals surface area contributed by atoms with E-state index in [1.54, 1.807) is 0 Å². The van der Waals surface area contributed by atoms with Crippen LogP contribution in [0.4, 0.5) is 0 Å². The van der Waals surface area contributed by atoms with Gasteiger partial charge in [0.25, 0.3) is 0 Å². The maximum Gasteiger partial charge on any atom is 0.500 e. The van der Waals surface area contributed by atoms with E-state index in [4.69, 9.17) is 13.3 Å². The Hall–Kier alpha value is -0.0231. The Kier molecular flexibility index (Phi) is 17.4. The van der Waals surface area contributed by atoms with Gasteiger partial charge in [-0.3, -0.25) is 0 Å². The monoisotopic (exact) mass is 461 g/mol. The fourth-order valence-electron chi connectivity index (χ4n) is 4.91. The molecule has 0 fully saturated rings. The standard InChI is InChI=1S/C24H55N3O3Si/c1-10-17-25(7)21-24(22-26(8)18-11-2,23-27(9)19-12-3)16-20-31(28-13-4,29-14-5)30-15-6/h10-23H2,1-9H3. The van der Waals surface area contributed by atoms with Gasteiger partial charge in [0.05, 0.1) is 0 Å². The molecule has 0 saturated heterocycles. The molecule has 188 valence electrons. The lowest BCUT2D eigenvalue weighted by Crippen LogP contribution is -2.53. The minimum absolute atomic E-state index is 0.140. The van der Waals surface area contributed by atoms with Crippen LogP contribution in [-0.4, -0.2) is 104 Å². The number of nitrogens with zero attached hydrogens (tertiary/aromatic N) is 3. The molecule has 0 aromatic rings. The summed E-state index contributed by atoms with van der Waals surface area (Å²) in [4.78, 5) is 7.56. The molecule has 0 aliphatic heterocycles. The van der Waals surface area contributed by atoms with Crippen LogP contribution in [0.25, 0.3) is 0 Å². The molecule has 0 unspecified atom stereocenters.